The molecule has 3 rings (SSSR count). The van der Waals surface area contributed by atoms with Gasteiger partial charge in [-0.1, -0.05) is 41.6 Å². The molecule has 2 aromatic heterocycles. The number of aromatic nitrogens is 3. The molecule has 3 aromatic rings. The molecule has 24 heavy (non-hydrogen) atoms. The van der Waals surface area contributed by atoms with Crippen molar-refractivity contribution in [2.45, 2.75) is 24.0 Å². The Morgan fingerprint density at radius 2 is 2.00 bits per heavy atom. The lowest BCUT2D eigenvalue weighted by Gasteiger charge is -2.14. The molecule has 0 fully saturated rings. The number of halogens is 1. The summed E-state index contributed by atoms with van der Waals surface area (Å²) in [5.41, 5.74) is 1.10. The van der Waals surface area contributed by atoms with Gasteiger partial charge in [0.05, 0.1) is 19.4 Å². The van der Waals surface area contributed by atoms with Crippen molar-refractivity contribution in [3.63, 3.8) is 0 Å². The fraction of sp³-hybridized carbons (Fsp3) is 0.294. The van der Waals surface area contributed by atoms with Gasteiger partial charge in [-0.3, -0.25) is 4.90 Å². The molecule has 0 aliphatic rings. The standard InChI is InChI=1S/C17H19ClN4OS/c1-21(10-14-7-5-9-23-14)11-16-19-20-17(22(16)2)24-12-13-6-3-4-8-15(13)18/h3-9H,10-12H2,1-2H3. The summed E-state index contributed by atoms with van der Waals surface area (Å²) in [6.07, 6.45) is 1.69. The van der Waals surface area contributed by atoms with Gasteiger partial charge in [-0.2, -0.15) is 0 Å². The molecule has 126 valence electrons. The van der Waals surface area contributed by atoms with E-state index >= 15 is 0 Å². The minimum Gasteiger partial charge on any atom is -0.468 e. The van der Waals surface area contributed by atoms with Gasteiger partial charge in [0.1, 0.15) is 11.6 Å². The Balaban J connectivity index is 1.60. The first kappa shape index (κ1) is 17.1. The van der Waals surface area contributed by atoms with Gasteiger partial charge >= 0.3 is 0 Å². The Kier molecular flexibility index (Phi) is 5.60. The zero-order valence-electron chi connectivity index (χ0n) is 13.6. The van der Waals surface area contributed by atoms with Gasteiger partial charge in [0.15, 0.2) is 5.16 Å². The Morgan fingerprint density at radius 1 is 1.17 bits per heavy atom. The summed E-state index contributed by atoms with van der Waals surface area (Å²) < 4.78 is 7.40. The molecule has 0 aliphatic heterocycles. The van der Waals surface area contributed by atoms with Crippen molar-refractivity contribution in [3.8, 4) is 0 Å². The molecule has 5 nitrogen and oxygen atoms in total. The summed E-state index contributed by atoms with van der Waals surface area (Å²) in [5.74, 6) is 2.63. The number of hydrogen-bond donors (Lipinski definition) is 0. The zero-order valence-corrected chi connectivity index (χ0v) is 15.2. The Labute approximate surface area is 150 Å². The van der Waals surface area contributed by atoms with E-state index in [0.717, 1.165) is 39.6 Å². The van der Waals surface area contributed by atoms with Crippen molar-refractivity contribution >= 4 is 23.4 Å². The van der Waals surface area contributed by atoms with E-state index in [1.807, 2.05) is 55.1 Å². The lowest BCUT2D eigenvalue weighted by molar-refractivity contribution is 0.278. The molecular formula is C17H19ClN4OS. The first-order valence-electron chi connectivity index (χ1n) is 7.59. The second-order valence-corrected chi connectivity index (χ2v) is 6.94. The number of rotatable bonds is 7. The van der Waals surface area contributed by atoms with Gasteiger partial charge in [0, 0.05) is 17.8 Å². The van der Waals surface area contributed by atoms with Crippen LogP contribution in [0.4, 0.5) is 0 Å². The van der Waals surface area contributed by atoms with E-state index in [9.17, 15) is 0 Å². The normalized spacial score (nSPS) is 11.3. The van der Waals surface area contributed by atoms with Crippen molar-refractivity contribution in [2.24, 2.45) is 7.05 Å². The van der Waals surface area contributed by atoms with Gasteiger partial charge in [-0.25, -0.2) is 0 Å². The molecule has 0 aliphatic carbocycles. The number of hydrogen-bond acceptors (Lipinski definition) is 5. The minimum absolute atomic E-state index is 0.705. The van der Waals surface area contributed by atoms with Crippen LogP contribution < -0.4 is 0 Å². The SMILES string of the molecule is CN(Cc1ccco1)Cc1nnc(SCc2ccccc2Cl)n1C. The molecule has 0 saturated carbocycles. The van der Waals surface area contributed by atoms with Gasteiger partial charge in [-0.05, 0) is 30.8 Å². The maximum Gasteiger partial charge on any atom is 0.191 e. The zero-order chi connectivity index (χ0) is 16.9. The second-order valence-electron chi connectivity index (χ2n) is 5.59. The largest absolute Gasteiger partial charge is 0.468 e. The first-order chi connectivity index (χ1) is 11.6. The lowest BCUT2D eigenvalue weighted by atomic mass is 10.2. The van der Waals surface area contributed by atoms with Crippen molar-refractivity contribution in [1.82, 2.24) is 19.7 Å². The highest BCUT2D eigenvalue weighted by atomic mass is 35.5. The summed E-state index contributed by atoms with van der Waals surface area (Å²) in [6, 6.07) is 11.7. The van der Waals surface area contributed by atoms with Crippen molar-refractivity contribution in [2.75, 3.05) is 7.05 Å². The smallest absolute Gasteiger partial charge is 0.191 e. The molecule has 0 saturated heterocycles. The van der Waals surface area contributed by atoms with Crippen LogP contribution in [0.1, 0.15) is 17.1 Å². The molecular weight excluding hydrogens is 344 g/mol. The van der Waals surface area contributed by atoms with Crippen molar-refractivity contribution in [1.29, 1.82) is 0 Å². The molecule has 0 radical (unpaired) electrons. The van der Waals surface area contributed by atoms with E-state index in [2.05, 4.69) is 15.1 Å². The Bertz CT molecular complexity index is 788. The van der Waals surface area contributed by atoms with Crippen LogP contribution in [0.5, 0.6) is 0 Å². The third-order valence-corrected chi connectivity index (χ3v) is 5.09. The number of nitrogens with zero attached hydrogens (tertiary/aromatic N) is 4. The van der Waals surface area contributed by atoms with Crippen LogP contribution in [0.3, 0.4) is 0 Å². The maximum atomic E-state index is 6.20. The lowest BCUT2D eigenvalue weighted by Crippen LogP contribution is -2.19. The van der Waals surface area contributed by atoms with Crippen LogP contribution in [0, 0.1) is 0 Å². The van der Waals surface area contributed by atoms with E-state index in [-0.39, 0.29) is 0 Å². The fourth-order valence-electron chi connectivity index (χ4n) is 2.33. The molecule has 0 bridgehead atoms. The van der Waals surface area contributed by atoms with E-state index in [1.54, 1.807) is 18.0 Å². The number of furan rings is 1. The predicted octanol–water partition coefficient (Wildman–Crippen LogP) is 3.99. The van der Waals surface area contributed by atoms with Gasteiger partial charge in [-0.15, -0.1) is 10.2 Å². The topological polar surface area (TPSA) is 47.1 Å². The predicted molar refractivity (Wildman–Crippen MR) is 95.9 cm³/mol. The third kappa shape index (κ3) is 4.20. The molecule has 0 unspecified atom stereocenters. The molecule has 0 N–H and O–H groups in total. The monoisotopic (exact) mass is 362 g/mol. The van der Waals surface area contributed by atoms with E-state index in [0.29, 0.717) is 6.54 Å². The second kappa shape index (κ2) is 7.88. The van der Waals surface area contributed by atoms with E-state index in [1.165, 1.54) is 0 Å². The van der Waals surface area contributed by atoms with Gasteiger partial charge in [0.2, 0.25) is 0 Å². The van der Waals surface area contributed by atoms with Crippen LogP contribution in [0.15, 0.2) is 52.2 Å². The highest BCUT2D eigenvalue weighted by molar-refractivity contribution is 7.98. The van der Waals surface area contributed by atoms with Crippen LogP contribution in [-0.4, -0.2) is 26.7 Å². The van der Waals surface area contributed by atoms with E-state index < -0.39 is 0 Å². The summed E-state index contributed by atoms with van der Waals surface area (Å²) in [7, 11) is 4.03. The molecule has 0 amide bonds. The maximum absolute atomic E-state index is 6.20. The Morgan fingerprint density at radius 3 is 2.75 bits per heavy atom. The summed E-state index contributed by atoms with van der Waals surface area (Å²) in [5, 5.41) is 10.3. The van der Waals surface area contributed by atoms with Crippen molar-refractivity contribution in [3.05, 3.63) is 64.8 Å². The quantitative estimate of drug-likeness (QED) is 0.595. The summed E-state index contributed by atoms with van der Waals surface area (Å²) in [6.45, 7) is 1.44. The average molecular weight is 363 g/mol. The molecule has 7 heteroatoms. The van der Waals surface area contributed by atoms with Crippen LogP contribution in [0.25, 0.3) is 0 Å². The van der Waals surface area contributed by atoms with Crippen LogP contribution in [-0.2, 0) is 25.9 Å². The number of benzene rings is 1. The average Bonchev–Trinajstić information content (AvgIpc) is 3.18. The van der Waals surface area contributed by atoms with Crippen LogP contribution >= 0.6 is 23.4 Å². The van der Waals surface area contributed by atoms with Gasteiger partial charge < -0.3 is 8.98 Å². The fourth-order valence-corrected chi connectivity index (χ4v) is 3.55. The summed E-state index contributed by atoms with van der Waals surface area (Å²) >= 11 is 7.84. The molecule has 2 heterocycles. The van der Waals surface area contributed by atoms with Crippen LogP contribution in [0.2, 0.25) is 5.02 Å². The first-order valence-corrected chi connectivity index (χ1v) is 8.95. The summed E-state index contributed by atoms with van der Waals surface area (Å²) in [4.78, 5) is 2.14. The van der Waals surface area contributed by atoms with Crippen molar-refractivity contribution < 1.29 is 4.42 Å². The highest BCUT2D eigenvalue weighted by Gasteiger charge is 2.13. The van der Waals surface area contributed by atoms with E-state index in [4.69, 9.17) is 16.0 Å². The Hall–Kier alpha value is -1.76. The number of thioether (sulfide) groups is 1. The molecule has 0 atom stereocenters. The third-order valence-electron chi connectivity index (χ3n) is 3.66. The highest BCUT2D eigenvalue weighted by Crippen LogP contribution is 2.25. The van der Waals surface area contributed by atoms with Gasteiger partial charge in [0.25, 0.3) is 0 Å². The minimum atomic E-state index is 0.705. The molecule has 1 aromatic carbocycles. The molecule has 0 spiro atoms.